The van der Waals surface area contributed by atoms with Gasteiger partial charge in [0.05, 0.1) is 5.92 Å². The Morgan fingerprint density at radius 2 is 1.81 bits per heavy atom. The number of carbonyl (C=O) groups is 3. The van der Waals surface area contributed by atoms with Crippen molar-refractivity contribution in [3.8, 4) is 0 Å². The number of alkyl halides is 3. The third-order valence-electron chi connectivity index (χ3n) is 4.32. The maximum Gasteiger partial charge on any atom is 0.405 e. The van der Waals surface area contributed by atoms with E-state index in [4.69, 9.17) is 4.74 Å². The molecule has 1 N–H and O–H groups in total. The van der Waals surface area contributed by atoms with Crippen molar-refractivity contribution in [3.63, 3.8) is 0 Å². The van der Waals surface area contributed by atoms with E-state index in [0.717, 1.165) is 5.56 Å². The Morgan fingerprint density at radius 1 is 1.19 bits per heavy atom. The van der Waals surface area contributed by atoms with E-state index < -0.39 is 37.1 Å². The Labute approximate surface area is 154 Å². The van der Waals surface area contributed by atoms with Crippen molar-refractivity contribution >= 4 is 17.8 Å². The van der Waals surface area contributed by atoms with Gasteiger partial charge in [-0.1, -0.05) is 18.2 Å². The van der Waals surface area contributed by atoms with Crippen molar-refractivity contribution in [1.82, 2.24) is 10.2 Å². The van der Waals surface area contributed by atoms with Gasteiger partial charge in [-0.15, -0.1) is 0 Å². The summed E-state index contributed by atoms with van der Waals surface area (Å²) in [6, 6.07) is 7.23. The van der Waals surface area contributed by atoms with Crippen LogP contribution in [0.25, 0.3) is 0 Å². The molecular formula is C18H21F3N2O4. The minimum Gasteiger partial charge on any atom is -0.455 e. The highest BCUT2D eigenvalue weighted by Gasteiger charge is 2.30. The number of rotatable bonds is 5. The summed E-state index contributed by atoms with van der Waals surface area (Å²) < 4.78 is 40.8. The van der Waals surface area contributed by atoms with Gasteiger partial charge in [-0.2, -0.15) is 13.2 Å². The minimum atomic E-state index is -4.52. The molecule has 9 heteroatoms. The average Bonchev–Trinajstić information content (AvgIpc) is 2.64. The van der Waals surface area contributed by atoms with Crippen LogP contribution in [0.4, 0.5) is 13.2 Å². The van der Waals surface area contributed by atoms with Gasteiger partial charge in [0.1, 0.15) is 6.54 Å². The van der Waals surface area contributed by atoms with Gasteiger partial charge in [0.15, 0.2) is 6.61 Å². The first kappa shape index (κ1) is 20.7. The molecule has 1 aromatic carbocycles. The van der Waals surface area contributed by atoms with Crippen molar-refractivity contribution in [3.05, 3.63) is 35.4 Å². The maximum atomic E-state index is 12.5. The first-order valence-corrected chi connectivity index (χ1v) is 8.52. The lowest BCUT2D eigenvalue weighted by Crippen LogP contribution is -2.41. The summed E-state index contributed by atoms with van der Waals surface area (Å²) in [7, 11) is 0. The molecule has 1 aliphatic rings. The van der Waals surface area contributed by atoms with Crippen LogP contribution in [-0.4, -0.2) is 55.1 Å². The zero-order chi connectivity index (χ0) is 20.0. The summed E-state index contributed by atoms with van der Waals surface area (Å²) >= 11 is 0. The molecule has 0 aliphatic carbocycles. The molecule has 0 unspecified atom stereocenters. The Balaban J connectivity index is 1.76. The van der Waals surface area contributed by atoms with Crippen LogP contribution in [0.3, 0.4) is 0 Å². The van der Waals surface area contributed by atoms with E-state index in [1.807, 2.05) is 19.1 Å². The highest BCUT2D eigenvalue weighted by Crippen LogP contribution is 2.21. The number of halogens is 3. The third-order valence-corrected chi connectivity index (χ3v) is 4.32. The quantitative estimate of drug-likeness (QED) is 0.786. The number of likely N-dealkylation sites (tertiary alicyclic amines) is 1. The number of hydrogen-bond donors (Lipinski definition) is 1. The van der Waals surface area contributed by atoms with Crippen LogP contribution in [0.5, 0.6) is 0 Å². The van der Waals surface area contributed by atoms with E-state index in [1.165, 1.54) is 0 Å². The molecule has 0 spiro atoms. The van der Waals surface area contributed by atoms with Crippen LogP contribution in [0.15, 0.2) is 24.3 Å². The molecule has 1 aliphatic heterocycles. The van der Waals surface area contributed by atoms with Crippen LogP contribution in [0.2, 0.25) is 0 Å². The van der Waals surface area contributed by atoms with Gasteiger partial charge >= 0.3 is 12.1 Å². The minimum absolute atomic E-state index is 0.105. The smallest absolute Gasteiger partial charge is 0.405 e. The lowest BCUT2D eigenvalue weighted by Gasteiger charge is -2.31. The molecule has 1 saturated heterocycles. The second kappa shape index (κ2) is 8.88. The monoisotopic (exact) mass is 386 g/mol. The highest BCUT2D eigenvalue weighted by atomic mass is 19.4. The van der Waals surface area contributed by atoms with E-state index in [0.29, 0.717) is 31.5 Å². The molecule has 1 heterocycles. The van der Waals surface area contributed by atoms with Gasteiger partial charge < -0.3 is 15.0 Å². The summed E-state index contributed by atoms with van der Waals surface area (Å²) in [5, 5.41) is 1.63. The summed E-state index contributed by atoms with van der Waals surface area (Å²) in [5.74, 6) is -2.24. The molecule has 0 radical (unpaired) electrons. The summed E-state index contributed by atoms with van der Waals surface area (Å²) in [5.41, 5.74) is 1.48. The van der Waals surface area contributed by atoms with Crippen molar-refractivity contribution in [1.29, 1.82) is 0 Å². The number of ether oxygens (including phenoxy) is 1. The van der Waals surface area contributed by atoms with E-state index in [-0.39, 0.29) is 5.91 Å². The first-order chi connectivity index (χ1) is 12.7. The first-order valence-electron chi connectivity index (χ1n) is 8.52. The summed E-state index contributed by atoms with van der Waals surface area (Å²) in [6.07, 6.45) is -3.77. The van der Waals surface area contributed by atoms with Crippen molar-refractivity contribution in [2.75, 3.05) is 26.2 Å². The molecule has 1 aromatic rings. The van der Waals surface area contributed by atoms with Gasteiger partial charge in [0.25, 0.3) is 11.8 Å². The molecule has 2 amide bonds. The summed E-state index contributed by atoms with van der Waals surface area (Å²) in [4.78, 5) is 37.4. The fraction of sp³-hybridized carbons (Fsp3) is 0.500. The molecule has 2 rings (SSSR count). The standard InChI is InChI=1S/C18H21F3N2O4/c1-12-4-2-3-5-14(12)16(25)23-8-6-13(7-9-23)17(26)27-10-15(24)22-11-18(19,20)21/h2-5,13H,6-11H2,1H3,(H,22,24). The molecule has 0 atom stereocenters. The molecule has 6 nitrogen and oxygen atoms in total. The van der Waals surface area contributed by atoms with Crippen molar-refractivity contribution < 1.29 is 32.3 Å². The van der Waals surface area contributed by atoms with Gasteiger partial charge in [-0.3, -0.25) is 14.4 Å². The van der Waals surface area contributed by atoms with Crippen LogP contribution < -0.4 is 5.32 Å². The number of nitrogens with zero attached hydrogens (tertiary/aromatic N) is 1. The van der Waals surface area contributed by atoms with Gasteiger partial charge in [0, 0.05) is 18.7 Å². The summed E-state index contributed by atoms with van der Waals surface area (Å²) in [6.45, 7) is 0.363. The zero-order valence-electron chi connectivity index (χ0n) is 14.8. The maximum absolute atomic E-state index is 12.5. The van der Waals surface area contributed by atoms with E-state index in [2.05, 4.69) is 0 Å². The Morgan fingerprint density at radius 3 is 2.41 bits per heavy atom. The number of esters is 1. The molecule has 0 aromatic heterocycles. The normalized spacial score (nSPS) is 15.3. The van der Waals surface area contributed by atoms with E-state index >= 15 is 0 Å². The number of amides is 2. The van der Waals surface area contributed by atoms with E-state index in [1.54, 1.807) is 22.3 Å². The number of hydrogen-bond acceptors (Lipinski definition) is 4. The number of nitrogens with one attached hydrogen (secondary N) is 1. The topological polar surface area (TPSA) is 75.7 Å². The second-order valence-electron chi connectivity index (χ2n) is 6.38. The molecular weight excluding hydrogens is 365 g/mol. The number of piperidine rings is 1. The van der Waals surface area contributed by atoms with E-state index in [9.17, 15) is 27.6 Å². The van der Waals surface area contributed by atoms with Crippen LogP contribution in [0.1, 0.15) is 28.8 Å². The third kappa shape index (κ3) is 6.26. The van der Waals surface area contributed by atoms with Gasteiger partial charge in [-0.05, 0) is 31.4 Å². The largest absolute Gasteiger partial charge is 0.455 e. The number of carbonyl (C=O) groups excluding carboxylic acids is 3. The van der Waals surface area contributed by atoms with Crippen LogP contribution in [-0.2, 0) is 14.3 Å². The number of benzene rings is 1. The fourth-order valence-corrected chi connectivity index (χ4v) is 2.81. The van der Waals surface area contributed by atoms with Crippen molar-refractivity contribution in [2.24, 2.45) is 5.92 Å². The predicted octanol–water partition coefficient (Wildman–Crippen LogP) is 2.07. The van der Waals surface area contributed by atoms with Gasteiger partial charge in [-0.25, -0.2) is 0 Å². The Kier molecular flexibility index (Phi) is 6.81. The van der Waals surface area contributed by atoms with Crippen LogP contribution >= 0.6 is 0 Å². The molecule has 1 fully saturated rings. The number of aryl methyl sites for hydroxylation is 1. The zero-order valence-corrected chi connectivity index (χ0v) is 14.8. The van der Waals surface area contributed by atoms with Crippen LogP contribution in [0, 0.1) is 12.8 Å². The molecule has 27 heavy (non-hydrogen) atoms. The lowest BCUT2D eigenvalue weighted by atomic mass is 9.96. The van der Waals surface area contributed by atoms with Gasteiger partial charge in [0.2, 0.25) is 0 Å². The molecule has 0 bridgehead atoms. The Hall–Kier alpha value is -2.58. The molecule has 0 saturated carbocycles. The fourth-order valence-electron chi connectivity index (χ4n) is 2.81. The Bertz CT molecular complexity index is 698. The second-order valence-corrected chi connectivity index (χ2v) is 6.38. The lowest BCUT2D eigenvalue weighted by molar-refractivity contribution is -0.155. The average molecular weight is 386 g/mol. The molecule has 148 valence electrons. The van der Waals surface area contributed by atoms with Crippen molar-refractivity contribution in [2.45, 2.75) is 25.9 Å². The predicted molar refractivity (Wildman–Crippen MR) is 89.8 cm³/mol. The SMILES string of the molecule is Cc1ccccc1C(=O)N1CCC(C(=O)OCC(=O)NCC(F)(F)F)CC1. The highest BCUT2D eigenvalue weighted by molar-refractivity contribution is 5.95.